The van der Waals surface area contributed by atoms with Gasteiger partial charge in [-0.1, -0.05) is 45.9 Å². The summed E-state index contributed by atoms with van der Waals surface area (Å²) in [4.78, 5) is 18.9. The predicted octanol–water partition coefficient (Wildman–Crippen LogP) is 4.48. The number of methoxy groups -OCH3 is 1. The first-order chi connectivity index (χ1) is 14.0. The van der Waals surface area contributed by atoms with E-state index in [9.17, 15) is 4.79 Å². The lowest BCUT2D eigenvalue weighted by Crippen LogP contribution is -2.36. The number of ether oxygens (including phenoxy) is 2. The number of fused-ring (bicyclic) bond motifs is 3. The molecule has 2 heterocycles. The average molecular weight is 473 g/mol. The number of benzene rings is 2. The van der Waals surface area contributed by atoms with E-state index >= 15 is 0 Å². The number of carbonyl (C=O) groups excluding carboxylic acids is 1. The van der Waals surface area contributed by atoms with Crippen molar-refractivity contribution in [3.8, 4) is 22.9 Å². The van der Waals surface area contributed by atoms with Crippen molar-refractivity contribution in [2.75, 3.05) is 18.3 Å². The maximum absolute atomic E-state index is 12.8. The summed E-state index contributed by atoms with van der Waals surface area (Å²) in [5.41, 5.74) is 2.62. The summed E-state index contributed by atoms with van der Waals surface area (Å²) >= 11 is 4.95. The summed E-state index contributed by atoms with van der Waals surface area (Å²) in [5, 5.41) is 8.98. The number of amides is 1. The van der Waals surface area contributed by atoms with Crippen LogP contribution < -0.4 is 14.4 Å². The van der Waals surface area contributed by atoms with Gasteiger partial charge < -0.3 is 9.47 Å². The molecule has 0 aliphatic carbocycles. The molecule has 2 aromatic carbocycles. The third kappa shape index (κ3) is 3.56. The maximum atomic E-state index is 12.8. The summed E-state index contributed by atoms with van der Waals surface area (Å²) in [6, 6.07) is 13.0. The highest BCUT2D eigenvalue weighted by Gasteiger charge is 2.35. The van der Waals surface area contributed by atoms with Crippen molar-refractivity contribution in [3.63, 3.8) is 0 Å². The Morgan fingerprint density at radius 1 is 1.24 bits per heavy atom. The van der Waals surface area contributed by atoms with E-state index in [1.165, 1.54) is 18.7 Å². The zero-order valence-electron chi connectivity index (χ0n) is 15.9. The van der Waals surface area contributed by atoms with Gasteiger partial charge >= 0.3 is 0 Å². The lowest BCUT2D eigenvalue weighted by molar-refractivity contribution is -0.118. The Labute approximate surface area is 180 Å². The molecule has 1 atom stereocenters. The lowest BCUT2D eigenvalue weighted by Gasteiger charge is -2.30. The number of thioether (sulfide) groups is 1. The first kappa shape index (κ1) is 19.7. The molecule has 0 bridgehead atoms. The van der Waals surface area contributed by atoms with Crippen LogP contribution in [0.25, 0.3) is 11.3 Å². The molecule has 29 heavy (non-hydrogen) atoms. The molecule has 1 amide bonds. The van der Waals surface area contributed by atoms with Crippen molar-refractivity contribution < 1.29 is 14.3 Å². The fourth-order valence-electron chi connectivity index (χ4n) is 3.18. The standard InChI is InChI=1S/C20H17BrN4O3S/c1-11(26)25-16-7-5-4-6-13(16)17-18(22-20(29-3)24-23-17)28-19(25)14-10-12(27-2)8-9-15(14)21/h4-10,19H,1-3H3. The number of para-hydroxylation sites is 1. The van der Waals surface area contributed by atoms with Gasteiger partial charge in [0.2, 0.25) is 23.2 Å². The Bertz CT molecular complexity index is 1100. The minimum Gasteiger partial charge on any atom is -0.497 e. The van der Waals surface area contributed by atoms with Crippen LogP contribution in [-0.4, -0.2) is 34.5 Å². The van der Waals surface area contributed by atoms with Crippen molar-refractivity contribution in [3.05, 3.63) is 52.5 Å². The number of nitrogens with zero attached hydrogens (tertiary/aromatic N) is 4. The molecule has 0 saturated carbocycles. The zero-order valence-corrected chi connectivity index (χ0v) is 18.3. The minimum atomic E-state index is -0.772. The van der Waals surface area contributed by atoms with E-state index < -0.39 is 6.23 Å². The molecule has 9 heteroatoms. The second-order valence-electron chi connectivity index (χ2n) is 6.22. The van der Waals surface area contributed by atoms with Gasteiger partial charge in [-0.2, -0.15) is 4.98 Å². The van der Waals surface area contributed by atoms with Crippen LogP contribution in [0, 0.1) is 0 Å². The molecular formula is C20H17BrN4O3S. The second-order valence-corrected chi connectivity index (χ2v) is 7.84. The molecule has 0 spiro atoms. The molecule has 7 nitrogen and oxygen atoms in total. The number of rotatable bonds is 3. The minimum absolute atomic E-state index is 0.178. The number of halogens is 1. The van der Waals surface area contributed by atoms with Crippen LogP contribution in [0.15, 0.2) is 52.1 Å². The number of aromatic nitrogens is 3. The van der Waals surface area contributed by atoms with Gasteiger partial charge in [0, 0.05) is 22.5 Å². The third-order valence-electron chi connectivity index (χ3n) is 4.50. The van der Waals surface area contributed by atoms with Crippen LogP contribution in [-0.2, 0) is 4.79 Å². The Hall–Kier alpha value is -2.65. The van der Waals surface area contributed by atoms with Crippen LogP contribution in [0.2, 0.25) is 0 Å². The summed E-state index contributed by atoms with van der Waals surface area (Å²) in [6.45, 7) is 1.50. The summed E-state index contributed by atoms with van der Waals surface area (Å²) in [5.74, 6) is 0.793. The molecule has 0 radical (unpaired) electrons. The molecule has 4 rings (SSSR count). The Kier molecular flexibility index (Phi) is 5.42. The van der Waals surface area contributed by atoms with Gasteiger partial charge in [0.05, 0.1) is 12.8 Å². The van der Waals surface area contributed by atoms with Crippen molar-refractivity contribution in [2.24, 2.45) is 0 Å². The van der Waals surface area contributed by atoms with Crippen molar-refractivity contribution in [2.45, 2.75) is 18.3 Å². The molecular weight excluding hydrogens is 456 g/mol. The van der Waals surface area contributed by atoms with E-state index in [2.05, 4.69) is 31.1 Å². The SMILES string of the molecule is COc1ccc(Br)c(C2Oc3nc(SC)nnc3-c3ccccc3N2C(C)=O)c1. The molecule has 3 aromatic rings. The fourth-order valence-corrected chi connectivity index (χ4v) is 3.92. The highest BCUT2D eigenvalue weighted by molar-refractivity contribution is 9.10. The number of carbonyl (C=O) groups is 1. The summed E-state index contributed by atoms with van der Waals surface area (Å²) in [7, 11) is 1.59. The topological polar surface area (TPSA) is 77.4 Å². The number of anilines is 1. The van der Waals surface area contributed by atoms with Gasteiger partial charge in [-0.25, -0.2) is 0 Å². The molecule has 0 N–H and O–H groups in total. The maximum Gasteiger partial charge on any atom is 0.247 e. The van der Waals surface area contributed by atoms with Gasteiger partial charge in [0.15, 0.2) is 5.69 Å². The zero-order chi connectivity index (χ0) is 20.5. The molecule has 0 fully saturated rings. The van der Waals surface area contributed by atoms with Crippen molar-refractivity contribution in [1.29, 1.82) is 0 Å². The van der Waals surface area contributed by atoms with Crippen LogP contribution in [0.3, 0.4) is 0 Å². The van der Waals surface area contributed by atoms with Crippen molar-refractivity contribution in [1.82, 2.24) is 15.2 Å². The van der Waals surface area contributed by atoms with Crippen LogP contribution in [0.5, 0.6) is 11.6 Å². The molecule has 1 aromatic heterocycles. The predicted molar refractivity (Wildman–Crippen MR) is 114 cm³/mol. The first-order valence-electron chi connectivity index (χ1n) is 8.71. The third-order valence-corrected chi connectivity index (χ3v) is 5.76. The van der Waals surface area contributed by atoms with Gasteiger partial charge in [0.25, 0.3) is 0 Å². The number of hydrogen-bond donors (Lipinski definition) is 0. The van der Waals surface area contributed by atoms with Gasteiger partial charge in [-0.3, -0.25) is 9.69 Å². The van der Waals surface area contributed by atoms with E-state index in [0.29, 0.717) is 28.2 Å². The van der Waals surface area contributed by atoms with Crippen LogP contribution in [0.4, 0.5) is 5.69 Å². The quantitative estimate of drug-likeness (QED) is 0.520. The Morgan fingerprint density at radius 2 is 2.03 bits per heavy atom. The van der Waals surface area contributed by atoms with Crippen LogP contribution >= 0.6 is 27.7 Å². The second kappa shape index (κ2) is 8.00. The molecule has 1 aliphatic rings. The van der Waals surface area contributed by atoms with Crippen molar-refractivity contribution >= 4 is 39.3 Å². The largest absolute Gasteiger partial charge is 0.497 e. The van der Waals surface area contributed by atoms with Crippen LogP contribution in [0.1, 0.15) is 18.7 Å². The van der Waals surface area contributed by atoms with E-state index in [-0.39, 0.29) is 5.91 Å². The van der Waals surface area contributed by atoms with E-state index in [1.807, 2.05) is 48.7 Å². The summed E-state index contributed by atoms with van der Waals surface area (Å²) < 4.78 is 12.5. The molecule has 0 saturated heterocycles. The molecule has 148 valence electrons. The first-order valence-corrected chi connectivity index (χ1v) is 10.7. The Morgan fingerprint density at radius 3 is 2.76 bits per heavy atom. The normalized spacial score (nSPS) is 15.0. The highest BCUT2D eigenvalue weighted by Crippen LogP contribution is 2.44. The molecule has 1 unspecified atom stereocenters. The smallest absolute Gasteiger partial charge is 0.247 e. The Balaban J connectivity index is 1.99. The van der Waals surface area contributed by atoms with Gasteiger partial charge in [0.1, 0.15) is 5.75 Å². The van der Waals surface area contributed by atoms with E-state index in [4.69, 9.17) is 9.47 Å². The fraction of sp³-hybridized carbons (Fsp3) is 0.200. The summed E-state index contributed by atoms with van der Waals surface area (Å²) in [6.07, 6.45) is 1.09. The van der Waals surface area contributed by atoms with E-state index in [0.717, 1.165) is 15.6 Å². The number of hydrogen-bond acceptors (Lipinski definition) is 7. The average Bonchev–Trinajstić information content (AvgIpc) is 2.88. The van der Waals surface area contributed by atoms with Gasteiger partial charge in [-0.05, 0) is 30.5 Å². The lowest BCUT2D eigenvalue weighted by atomic mass is 10.1. The molecule has 1 aliphatic heterocycles. The van der Waals surface area contributed by atoms with E-state index in [1.54, 1.807) is 12.0 Å². The van der Waals surface area contributed by atoms with Gasteiger partial charge in [-0.15, -0.1) is 10.2 Å². The highest BCUT2D eigenvalue weighted by atomic mass is 79.9. The monoisotopic (exact) mass is 472 g/mol.